The van der Waals surface area contributed by atoms with Crippen LogP contribution in [0.1, 0.15) is 59.7 Å². The SMILES string of the molecule is Cc1nc(N)c2c(C(N)=O)cn(C3O[C@H](COC(=O)[C@H](CC(C)C)NC(=O)OCC4c5ccccc5-c5ccccc54)[C@@H](O)[C@H]3O)c2n1. The molecule has 4 aromatic rings. The highest BCUT2D eigenvalue weighted by Gasteiger charge is 2.45. The van der Waals surface area contributed by atoms with Gasteiger partial charge in [0.25, 0.3) is 5.91 Å². The molecule has 0 spiro atoms. The molecule has 252 valence electrons. The lowest BCUT2D eigenvalue weighted by molar-refractivity contribution is -0.152. The number of aromatic nitrogens is 3. The largest absolute Gasteiger partial charge is 0.461 e. The zero-order chi connectivity index (χ0) is 34.3. The van der Waals surface area contributed by atoms with Gasteiger partial charge in [0.05, 0.1) is 10.9 Å². The van der Waals surface area contributed by atoms with Crippen LogP contribution in [-0.4, -0.2) is 80.3 Å². The lowest BCUT2D eigenvalue weighted by Gasteiger charge is -2.22. The molecular weight excluding hydrogens is 620 g/mol. The van der Waals surface area contributed by atoms with E-state index in [9.17, 15) is 24.6 Å². The minimum atomic E-state index is -1.49. The van der Waals surface area contributed by atoms with Crippen molar-refractivity contribution in [3.63, 3.8) is 0 Å². The van der Waals surface area contributed by atoms with Crippen LogP contribution >= 0.6 is 0 Å². The number of benzene rings is 2. The van der Waals surface area contributed by atoms with Crippen LogP contribution in [0, 0.1) is 12.8 Å². The Kier molecular flexibility index (Phi) is 9.05. The number of amides is 2. The number of aryl methyl sites for hydroxylation is 1. The van der Waals surface area contributed by atoms with Crippen LogP contribution in [-0.2, 0) is 19.0 Å². The molecule has 0 saturated carbocycles. The van der Waals surface area contributed by atoms with E-state index in [0.29, 0.717) is 5.82 Å². The van der Waals surface area contributed by atoms with Gasteiger partial charge in [-0.15, -0.1) is 0 Å². The van der Waals surface area contributed by atoms with Crippen molar-refractivity contribution in [2.45, 2.75) is 63.7 Å². The standard InChI is InChI=1S/C34H38N6O8/c1-16(2)12-24(39-34(45)47-14-23-20-10-6-4-8-18(20)19-9-5-7-11-21(19)23)33(44)46-15-25-27(41)28(42)32(48-25)40-13-22(30(36)43)26-29(35)37-17(3)38-31(26)40/h4-11,13,16,23-25,27-28,32,41-42H,12,14-15H2,1-3H3,(H2,36,43)(H,39,45)(H2,35,37,38)/t24-,25+,27+,28+,32?/m0/s1. The van der Waals surface area contributed by atoms with E-state index >= 15 is 0 Å². The van der Waals surface area contributed by atoms with Gasteiger partial charge in [0.2, 0.25) is 0 Å². The molecule has 1 aliphatic heterocycles. The lowest BCUT2D eigenvalue weighted by atomic mass is 9.98. The predicted octanol–water partition coefficient (Wildman–Crippen LogP) is 2.54. The zero-order valence-corrected chi connectivity index (χ0v) is 26.7. The summed E-state index contributed by atoms with van der Waals surface area (Å²) >= 11 is 0. The van der Waals surface area contributed by atoms with Crippen molar-refractivity contribution >= 4 is 34.8 Å². The molecule has 7 N–H and O–H groups in total. The summed E-state index contributed by atoms with van der Waals surface area (Å²) in [4.78, 5) is 46.8. The molecule has 3 heterocycles. The summed E-state index contributed by atoms with van der Waals surface area (Å²) in [5.41, 5.74) is 16.1. The van der Waals surface area contributed by atoms with Crippen LogP contribution in [0.25, 0.3) is 22.2 Å². The number of anilines is 1. The molecule has 1 unspecified atom stereocenters. The van der Waals surface area contributed by atoms with E-state index in [1.54, 1.807) is 6.92 Å². The predicted molar refractivity (Wildman–Crippen MR) is 174 cm³/mol. The van der Waals surface area contributed by atoms with Gasteiger partial charge in [0.15, 0.2) is 6.23 Å². The van der Waals surface area contributed by atoms with E-state index in [1.807, 2.05) is 62.4 Å². The van der Waals surface area contributed by atoms with Crippen LogP contribution in [0.5, 0.6) is 0 Å². The number of nitrogens with two attached hydrogens (primary N) is 2. The first-order valence-electron chi connectivity index (χ1n) is 15.7. The highest BCUT2D eigenvalue weighted by Crippen LogP contribution is 2.44. The highest BCUT2D eigenvalue weighted by atomic mass is 16.6. The maximum absolute atomic E-state index is 13.2. The molecule has 14 nitrogen and oxygen atoms in total. The number of rotatable bonds is 10. The maximum atomic E-state index is 13.2. The first-order valence-corrected chi connectivity index (χ1v) is 15.7. The number of alkyl carbamates (subject to hydrolysis) is 1. The summed E-state index contributed by atoms with van der Waals surface area (Å²) in [5.74, 6) is -1.38. The fourth-order valence-electron chi connectivity index (χ4n) is 6.50. The molecule has 1 saturated heterocycles. The smallest absolute Gasteiger partial charge is 0.407 e. The van der Waals surface area contributed by atoms with Crippen molar-refractivity contribution in [1.82, 2.24) is 19.9 Å². The van der Waals surface area contributed by atoms with Crippen molar-refractivity contribution in [3.8, 4) is 11.1 Å². The van der Waals surface area contributed by atoms with Gasteiger partial charge in [-0.2, -0.15) is 0 Å². The monoisotopic (exact) mass is 658 g/mol. The Hall–Kier alpha value is -5.05. The van der Waals surface area contributed by atoms with E-state index in [1.165, 1.54) is 10.8 Å². The van der Waals surface area contributed by atoms with Gasteiger partial charge in [-0.3, -0.25) is 4.79 Å². The Morgan fingerprint density at radius 2 is 1.62 bits per heavy atom. The normalized spacial score (nSPS) is 20.8. The molecule has 2 amide bonds. The van der Waals surface area contributed by atoms with Gasteiger partial charge in [-0.1, -0.05) is 62.4 Å². The molecule has 5 atom stereocenters. The van der Waals surface area contributed by atoms with E-state index in [4.69, 9.17) is 25.7 Å². The lowest BCUT2D eigenvalue weighted by Crippen LogP contribution is -2.44. The second kappa shape index (κ2) is 13.2. The van der Waals surface area contributed by atoms with Gasteiger partial charge in [0, 0.05) is 12.1 Å². The molecule has 48 heavy (non-hydrogen) atoms. The number of hydrogen-bond acceptors (Lipinski definition) is 11. The number of primary amides is 1. The molecule has 2 aliphatic rings. The summed E-state index contributed by atoms with van der Waals surface area (Å²) in [7, 11) is 0. The molecule has 0 bridgehead atoms. The molecule has 1 fully saturated rings. The second-order valence-electron chi connectivity index (χ2n) is 12.5. The highest BCUT2D eigenvalue weighted by molar-refractivity contribution is 6.09. The number of esters is 1. The number of fused-ring (bicyclic) bond motifs is 4. The number of carbonyl (C=O) groups excluding carboxylic acids is 3. The van der Waals surface area contributed by atoms with Gasteiger partial charge >= 0.3 is 12.1 Å². The van der Waals surface area contributed by atoms with Crippen LogP contribution in [0.2, 0.25) is 0 Å². The average molecular weight is 659 g/mol. The molecule has 0 radical (unpaired) electrons. The van der Waals surface area contributed by atoms with E-state index in [2.05, 4.69) is 15.3 Å². The Bertz CT molecular complexity index is 1830. The topological polar surface area (TPSA) is 214 Å². The third-order valence-corrected chi connectivity index (χ3v) is 8.71. The number of aliphatic hydroxyl groups excluding tert-OH is 2. The maximum Gasteiger partial charge on any atom is 0.407 e. The molecule has 14 heteroatoms. The van der Waals surface area contributed by atoms with E-state index in [0.717, 1.165) is 22.3 Å². The first kappa shape index (κ1) is 32.9. The number of ether oxygens (including phenoxy) is 3. The summed E-state index contributed by atoms with van der Waals surface area (Å²) in [5, 5.41) is 24.6. The average Bonchev–Trinajstić information content (AvgIpc) is 3.68. The molecule has 2 aromatic heterocycles. The summed E-state index contributed by atoms with van der Waals surface area (Å²) in [6, 6.07) is 14.9. The minimum absolute atomic E-state index is 0.00955. The number of nitrogen functional groups attached to an aromatic ring is 1. The van der Waals surface area contributed by atoms with Crippen LogP contribution in [0.15, 0.2) is 54.7 Å². The molecule has 1 aliphatic carbocycles. The quantitative estimate of drug-likeness (QED) is 0.156. The Morgan fingerprint density at radius 1 is 0.979 bits per heavy atom. The minimum Gasteiger partial charge on any atom is -0.461 e. The van der Waals surface area contributed by atoms with Gasteiger partial charge in [-0.25, -0.2) is 19.6 Å². The number of hydrogen-bond donors (Lipinski definition) is 5. The molecule has 6 rings (SSSR count). The van der Waals surface area contributed by atoms with E-state index in [-0.39, 0.29) is 47.3 Å². The fraction of sp³-hybridized carbons (Fsp3) is 0.382. The van der Waals surface area contributed by atoms with E-state index < -0.39 is 55.2 Å². The molecular formula is C34H38N6O8. The fourth-order valence-corrected chi connectivity index (χ4v) is 6.50. The number of carbonyl (C=O) groups is 3. The van der Waals surface area contributed by atoms with Gasteiger partial charge < -0.3 is 45.8 Å². The Labute approximate surface area is 276 Å². The van der Waals surface area contributed by atoms with Gasteiger partial charge in [0.1, 0.15) is 54.9 Å². The first-order chi connectivity index (χ1) is 22.9. The van der Waals surface area contributed by atoms with Crippen LogP contribution in [0.3, 0.4) is 0 Å². The summed E-state index contributed by atoms with van der Waals surface area (Å²) < 4.78 is 18.4. The third-order valence-electron chi connectivity index (χ3n) is 8.71. The van der Waals surface area contributed by atoms with Crippen molar-refractivity contribution in [2.75, 3.05) is 18.9 Å². The van der Waals surface area contributed by atoms with Gasteiger partial charge in [-0.05, 0) is 41.5 Å². The Balaban J connectivity index is 1.11. The zero-order valence-electron chi connectivity index (χ0n) is 26.7. The number of aliphatic hydroxyl groups is 2. The van der Waals surface area contributed by atoms with Crippen molar-refractivity contribution < 1.29 is 38.8 Å². The van der Waals surface area contributed by atoms with Crippen LogP contribution in [0.4, 0.5) is 10.6 Å². The Morgan fingerprint density at radius 3 is 2.25 bits per heavy atom. The van der Waals surface area contributed by atoms with Crippen molar-refractivity contribution in [2.24, 2.45) is 11.7 Å². The van der Waals surface area contributed by atoms with Crippen LogP contribution < -0.4 is 16.8 Å². The summed E-state index contributed by atoms with van der Waals surface area (Å²) in [6.45, 7) is 5.03. The number of nitrogens with one attached hydrogen (secondary N) is 1. The molecule has 2 aromatic carbocycles. The second-order valence-corrected chi connectivity index (χ2v) is 12.5. The summed E-state index contributed by atoms with van der Waals surface area (Å²) in [6.07, 6.45) is -4.54. The van der Waals surface area contributed by atoms with Crippen molar-refractivity contribution in [1.29, 1.82) is 0 Å². The van der Waals surface area contributed by atoms with Crippen molar-refractivity contribution in [3.05, 3.63) is 77.2 Å². The third kappa shape index (κ3) is 6.17. The number of nitrogens with zero attached hydrogens (tertiary/aromatic N) is 3.